The number of carbonyl (C=O) groups excluding carboxylic acids is 2. The molecular formula is C31H25FN2O4. The minimum atomic E-state index is -1.35. The fourth-order valence-electron chi connectivity index (χ4n) is 5.34. The zero-order chi connectivity index (χ0) is 26.6. The third kappa shape index (κ3) is 4.78. The molecule has 4 aromatic rings. The second-order valence-corrected chi connectivity index (χ2v) is 9.18. The van der Waals surface area contributed by atoms with Crippen molar-refractivity contribution in [3.8, 4) is 0 Å². The van der Waals surface area contributed by atoms with Crippen LogP contribution in [0.5, 0.6) is 0 Å². The molecule has 4 unspecified atom stereocenters. The number of ketones is 1. The third-order valence-electron chi connectivity index (χ3n) is 6.94. The lowest BCUT2D eigenvalue weighted by atomic mass is 9.76. The molecule has 1 fully saturated rings. The number of nitrogens with zero attached hydrogens (tertiary/aromatic N) is 1. The summed E-state index contributed by atoms with van der Waals surface area (Å²) in [6, 6.07) is 29.0. The molecule has 2 amide bonds. The summed E-state index contributed by atoms with van der Waals surface area (Å²) in [5.74, 6) is -3.66. The Balaban J connectivity index is 1.69. The van der Waals surface area contributed by atoms with E-state index in [9.17, 15) is 23.9 Å². The Morgan fingerprint density at radius 1 is 0.711 bits per heavy atom. The minimum absolute atomic E-state index is 0.253. The van der Waals surface area contributed by atoms with Crippen molar-refractivity contribution in [1.29, 1.82) is 0 Å². The molecule has 190 valence electrons. The van der Waals surface area contributed by atoms with Gasteiger partial charge in [-0.1, -0.05) is 91.0 Å². The van der Waals surface area contributed by atoms with Crippen LogP contribution >= 0.6 is 0 Å². The van der Waals surface area contributed by atoms with E-state index in [-0.39, 0.29) is 5.78 Å². The van der Waals surface area contributed by atoms with E-state index in [2.05, 4.69) is 5.32 Å². The maximum absolute atomic E-state index is 14.2. The Kier molecular flexibility index (Phi) is 7.00. The van der Waals surface area contributed by atoms with Gasteiger partial charge < -0.3 is 15.3 Å². The van der Waals surface area contributed by atoms with Crippen molar-refractivity contribution >= 4 is 23.5 Å². The van der Waals surface area contributed by atoms with E-state index < -0.39 is 41.7 Å². The number of carbonyl (C=O) groups is 3. The normalized spacial score (nSPS) is 20.6. The van der Waals surface area contributed by atoms with Gasteiger partial charge in [-0.3, -0.25) is 4.79 Å². The third-order valence-corrected chi connectivity index (χ3v) is 6.94. The van der Waals surface area contributed by atoms with Gasteiger partial charge in [-0.05, 0) is 35.4 Å². The van der Waals surface area contributed by atoms with Crippen molar-refractivity contribution in [2.45, 2.75) is 18.0 Å². The number of urea groups is 1. The molecule has 0 spiro atoms. The fraction of sp³-hybridized carbons (Fsp3) is 0.129. The molecule has 38 heavy (non-hydrogen) atoms. The van der Waals surface area contributed by atoms with Crippen LogP contribution in [0.15, 0.2) is 115 Å². The Morgan fingerprint density at radius 2 is 1.24 bits per heavy atom. The predicted molar refractivity (Wildman–Crippen MR) is 141 cm³/mol. The highest BCUT2D eigenvalue weighted by atomic mass is 19.1. The van der Waals surface area contributed by atoms with Gasteiger partial charge in [0.1, 0.15) is 11.9 Å². The number of nitrogens with one attached hydrogen (secondary N) is 1. The average molecular weight is 509 g/mol. The van der Waals surface area contributed by atoms with Crippen LogP contribution in [-0.2, 0) is 4.79 Å². The number of hydrogen-bond acceptors (Lipinski definition) is 3. The zero-order valence-electron chi connectivity index (χ0n) is 20.3. The molecule has 4 aromatic carbocycles. The molecule has 7 heteroatoms. The maximum atomic E-state index is 14.2. The Hall–Kier alpha value is -4.78. The van der Waals surface area contributed by atoms with Gasteiger partial charge in [0.05, 0.1) is 12.0 Å². The first kappa shape index (κ1) is 24.9. The number of rotatable bonds is 6. The van der Waals surface area contributed by atoms with E-state index in [4.69, 9.17) is 0 Å². The molecule has 1 saturated heterocycles. The molecule has 4 atom stereocenters. The summed E-state index contributed by atoms with van der Waals surface area (Å²) >= 11 is 0. The maximum Gasteiger partial charge on any atom is 0.327 e. The summed E-state index contributed by atoms with van der Waals surface area (Å²) in [6.07, 6.45) is 0. The number of carboxylic acid groups (broad SMARTS) is 1. The van der Waals surface area contributed by atoms with Gasteiger partial charge in [0.15, 0.2) is 5.78 Å². The number of likely N-dealkylation sites (tertiary alicyclic amines) is 1. The lowest BCUT2D eigenvalue weighted by Crippen LogP contribution is -2.45. The molecule has 0 aromatic heterocycles. The van der Waals surface area contributed by atoms with Crippen LogP contribution in [0.3, 0.4) is 0 Å². The first-order valence-corrected chi connectivity index (χ1v) is 12.2. The molecule has 6 nitrogen and oxygen atoms in total. The number of benzene rings is 4. The number of amides is 2. The molecule has 1 heterocycles. The summed E-state index contributed by atoms with van der Waals surface area (Å²) in [5, 5.41) is 13.2. The van der Waals surface area contributed by atoms with Crippen molar-refractivity contribution in [1.82, 2.24) is 4.90 Å². The Morgan fingerprint density at radius 3 is 1.79 bits per heavy atom. The van der Waals surface area contributed by atoms with Gasteiger partial charge in [-0.2, -0.15) is 0 Å². The number of halogens is 1. The molecule has 1 aliphatic heterocycles. The molecule has 2 N–H and O–H groups in total. The van der Waals surface area contributed by atoms with E-state index in [0.717, 1.165) is 0 Å². The second kappa shape index (κ2) is 10.7. The lowest BCUT2D eigenvalue weighted by molar-refractivity contribution is -0.142. The summed E-state index contributed by atoms with van der Waals surface area (Å²) in [7, 11) is 0. The van der Waals surface area contributed by atoms with E-state index in [1.165, 1.54) is 29.2 Å². The standard InChI is InChI=1S/C31H25FN2O4/c32-23-16-18-24(19-17-23)33-31(38)34-27(21-12-6-2-7-13-21)26(29(35)22-14-8-3-9-15-22)25(28(34)30(36)37)20-10-4-1-5-11-20/h1-19,25-28H,(H,33,38)(H,36,37). The quantitative estimate of drug-likeness (QED) is 0.306. The van der Waals surface area contributed by atoms with Crippen LogP contribution in [0.1, 0.15) is 33.4 Å². The summed E-state index contributed by atoms with van der Waals surface area (Å²) in [5.41, 5.74) is 2.03. The minimum Gasteiger partial charge on any atom is -0.480 e. The number of anilines is 1. The van der Waals surface area contributed by atoms with Crippen LogP contribution in [0.25, 0.3) is 0 Å². The summed E-state index contributed by atoms with van der Waals surface area (Å²) < 4.78 is 13.5. The molecular weight excluding hydrogens is 483 g/mol. The summed E-state index contributed by atoms with van der Waals surface area (Å²) in [6.45, 7) is 0. The monoisotopic (exact) mass is 508 g/mol. The number of Topliss-reactive ketones (excluding diaryl/α,β-unsaturated/α-hetero) is 1. The van der Waals surface area contributed by atoms with Crippen molar-refractivity contribution < 1.29 is 23.9 Å². The van der Waals surface area contributed by atoms with E-state index in [1.54, 1.807) is 78.9 Å². The molecule has 0 bridgehead atoms. The van der Waals surface area contributed by atoms with Crippen molar-refractivity contribution in [2.75, 3.05) is 5.32 Å². The Labute approximate surface area is 219 Å². The van der Waals surface area contributed by atoms with Crippen LogP contribution in [-0.4, -0.2) is 33.8 Å². The largest absolute Gasteiger partial charge is 0.480 e. The Bertz CT molecular complexity index is 1430. The van der Waals surface area contributed by atoms with Crippen molar-refractivity contribution in [3.05, 3.63) is 138 Å². The first-order chi connectivity index (χ1) is 18.5. The second-order valence-electron chi connectivity index (χ2n) is 9.18. The molecule has 5 rings (SSSR count). The average Bonchev–Trinajstić information content (AvgIpc) is 3.32. The predicted octanol–water partition coefficient (Wildman–Crippen LogP) is 6.15. The molecule has 1 aliphatic rings. The van der Waals surface area contributed by atoms with Gasteiger partial charge >= 0.3 is 12.0 Å². The molecule has 0 saturated carbocycles. The molecule has 0 aliphatic carbocycles. The van der Waals surface area contributed by atoms with Crippen LogP contribution in [0.2, 0.25) is 0 Å². The van der Waals surface area contributed by atoms with E-state index >= 15 is 0 Å². The van der Waals surface area contributed by atoms with Crippen molar-refractivity contribution in [2.24, 2.45) is 5.92 Å². The highest BCUT2D eigenvalue weighted by Gasteiger charge is 2.57. The smallest absolute Gasteiger partial charge is 0.327 e. The molecule has 0 radical (unpaired) electrons. The SMILES string of the molecule is O=C(c1ccccc1)C1C(c2ccccc2)C(C(=O)O)N(C(=O)Nc2ccc(F)cc2)C1c1ccccc1. The van der Waals surface area contributed by atoms with E-state index in [0.29, 0.717) is 22.4 Å². The van der Waals surface area contributed by atoms with Gasteiger partial charge in [-0.15, -0.1) is 0 Å². The van der Waals surface area contributed by atoms with E-state index in [1.807, 2.05) is 12.1 Å². The van der Waals surface area contributed by atoms with Crippen LogP contribution < -0.4 is 5.32 Å². The highest BCUT2D eigenvalue weighted by molar-refractivity contribution is 6.02. The van der Waals surface area contributed by atoms with Gasteiger partial charge in [-0.25, -0.2) is 14.0 Å². The van der Waals surface area contributed by atoms with Crippen LogP contribution in [0.4, 0.5) is 14.9 Å². The van der Waals surface area contributed by atoms with Gasteiger partial charge in [0.25, 0.3) is 0 Å². The first-order valence-electron chi connectivity index (χ1n) is 12.2. The number of carboxylic acids is 1. The number of aliphatic carboxylic acids is 1. The van der Waals surface area contributed by atoms with Crippen LogP contribution in [0, 0.1) is 11.7 Å². The number of hydrogen-bond donors (Lipinski definition) is 2. The summed E-state index contributed by atoms with van der Waals surface area (Å²) in [4.78, 5) is 42.1. The lowest BCUT2D eigenvalue weighted by Gasteiger charge is -2.30. The fourth-order valence-corrected chi connectivity index (χ4v) is 5.34. The van der Waals surface area contributed by atoms with Crippen molar-refractivity contribution in [3.63, 3.8) is 0 Å². The highest BCUT2D eigenvalue weighted by Crippen LogP contribution is 2.51. The zero-order valence-corrected chi connectivity index (χ0v) is 20.3. The topological polar surface area (TPSA) is 86.7 Å². The van der Waals surface area contributed by atoms with Gasteiger partial charge in [0, 0.05) is 17.2 Å². The van der Waals surface area contributed by atoms with Gasteiger partial charge in [0.2, 0.25) is 0 Å².